The number of nitrogens with zero attached hydrogens (tertiary/aromatic N) is 1. The molecule has 32 heavy (non-hydrogen) atoms. The van der Waals surface area contributed by atoms with Gasteiger partial charge in [-0.25, -0.2) is 8.42 Å². The molecule has 0 saturated carbocycles. The van der Waals surface area contributed by atoms with Crippen molar-refractivity contribution in [3.8, 4) is 5.75 Å². The molecule has 0 unspecified atom stereocenters. The first kappa shape index (κ1) is 22.5. The Morgan fingerprint density at radius 3 is 2.56 bits per heavy atom. The Balaban J connectivity index is 1.65. The molecule has 1 aliphatic heterocycles. The highest BCUT2D eigenvalue weighted by Crippen LogP contribution is 2.33. The van der Waals surface area contributed by atoms with E-state index in [1.165, 1.54) is 35.7 Å². The first-order valence-electron chi connectivity index (χ1n) is 9.86. The molecule has 1 N–H and O–H groups in total. The summed E-state index contributed by atoms with van der Waals surface area (Å²) in [6.45, 7) is 0.369. The number of para-hydroxylation sites is 1. The normalized spacial score (nSPS) is 13.4. The number of carbonyl (C=O) groups excluding carboxylic acids is 1. The minimum atomic E-state index is -3.88. The van der Waals surface area contributed by atoms with Gasteiger partial charge in [0, 0.05) is 12.2 Å². The van der Waals surface area contributed by atoms with Crippen molar-refractivity contribution >= 4 is 50.5 Å². The van der Waals surface area contributed by atoms with E-state index >= 15 is 0 Å². The predicted octanol–water partition coefficient (Wildman–Crippen LogP) is 5.40. The van der Waals surface area contributed by atoms with Gasteiger partial charge in [-0.2, -0.15) is 0 Å². The van der Waals surface area contributed by atoms with Gasteiger partial charge < -0.3 is 10.1 Å². The minimum absolute atomic E-state index is 0.00323. The Hall–Kier alpha value is -2.74. The number of amides is 1. The molecule has 9 heteroatoms. The van der Waals surface area contributed by atoms with Crippen LogP contribution in [0.15, 0.2) is 65.6 Å². The molecular weight excluding hydrogens is 471 g/mol. The zero-order valence-corrected chi connectivity index (χ0v) is 19.5. The first-order chi connectivity index (χ1) is 15.3. The van der Waals surface area contributed by atoms with Crippen molar-refractivity contribution in [3.63, 3.8) is 0 Å². The molecule has 0 radical (unpaired) electrons. The summed E-state index contributed by atoms with van der Waals surface area (Å²) in [7, 11) is -2.39. The Bertz CT molecular complexity index is 1290. The van der Waals surface area contributed by atoms with Crippen molar-refractivity contribution in [1.29, 1.82) is 0 Å². The largest absolute Gasteiger partial charge is 0.495 e. The number of aryl methyl sites for hydroxylation is 1. The zero-order chi connectivity index (χ0) is 22.9. The fraction of sp³-hybridized carbons (Fsp3) is 0.174. The molecule has 1 heterocycles. The molecule has 4 rings (SSSR count). The van der Waals surface area contributed by atoms with Crippen LogP contribution in [-0.4, -0.2) is 28.0 Å². The highest BCUT2D eigenvalue weighted by atomic mass is 35.5. The van der Waals surface area contributed by atoms with Crippen LogP contribution in [0.3, 0.4) is 0 Å². The molecule has 3 aromatic carbocycles. The predicted molar refractivity (Wildman–Crippen MR) is 127 cm³/mol. The molecule has 0 aromatic heterocycles. The molecule has 0 atom stereocenters. The molecule has 0 aliphatic carbocycles. The molecule has 6 nitrogen and oxygen atoms in total. The molecule has 166 valence electrons. The standard InChI is InChI=1S/C23H20Cl2N2O4S/c1-31-22-11-8-16(13-20(22)25)26-23(28)18-14-17(9-10-19(18)24)32(29,30)27-12-4-6-15-5-2-3-7-21(15)27/h2-3,5,7-11,13-14H,4,6,12H2,1H3,(H,26,28). The summed E-state index contributed by atoms with van der Waals surface area (Å²) < 4.78 is 33.4. The summed E-state index contributed by atoms with van der Waals surface area (Å²) >= 11 is 12.4. The molecule has 3 aromatic rings. The SMILES string of the molecule is COc1ccc(NC(=O)c2cc(S(=O)(=O)N3CCCc4ccccc43)ccc2Cl)cc1Cl. The maximum Gasteiger partial charge on any atom is 0.264 e. The number of methoxy groups -OCH3 is 1. The summed E-state index contributed by atoms with van der Waals surface area (Å²) in [6.07, 6.45) is 1.54. The number of carbonyl (C=O) groups is 1. The van der Waals surface area contributed by atoms with Crippen LogP contribution in [0.1, 0.15) is 22.3 Å². The summed E-state index contributed by atoms with van der Waals surface area (Å²) in [5, 5.41) is 3.16. The van der Waals surface area contributed by atoms with Gasteiger partial charge in [0.1, 0.15) is 5.75 Å². The van der Waals surface area contributed by atoms with Gasteiger partial charge in [0.05, 0.1) is 33.3 Å². The lowest BCUT2D eigenvalue weighted by Crippen LogP contribution is -2.35. The van der Waals surface area contributed by atoms with Gasteiger partial charge in [-0.05, 0) is 60.9 Å². The Morgan fingerprint density at radius 2 is 1.81 bits per heavy atom. The number of hydrogen-bond acceptors (Lipinski definition) is 4. The van der Waals surface area contributed by atoms with Crippen LogP contribution in [0.2, 0.25) is 10.0 Å². The van der Waals surface area contributed by atoms with Gasteiger partial charge in [-0.1, -0.05) is 41.4 Å². The maximum absolute atomic E-state index is 13.4. The van der Waals surface area contributed by atoms with Gasteiger partial charge in [0.2, 0.25) is 0 Å². The molecule has 1 amide bonds. The second kappa shape index (κ2) is 9.02. The summed E-state index contributed by atoms with van der Waals surface area (Å²) in [4.78, 5) is 12.9. The number of rotatable bonds is 5. The van der Waals surface area contributed by atoms with Crippen LogP contribution < -0.4 is 14.4 Å². The average Bonchev–Trinajstić information content (AvgIpc) is 2.79. The van der Waals surface area contributed by atoms with Crippen LogP contribution in [0.4, 0.5) is 11.4 Å². The lowest BCUT2D eigenvalue weighted by molar-refractivity contribution is 0.102. The van der Waals surface area contributed by atoms with Crippen molar-refractivity contribution in [1.82, 2.24) is 0 Å². The number of sulfonamides is 1. The highest BCUT2D eigenvalue weighted by Gasteiger charge is 2.30. The van der Waals surface area contributed by atoms with E-state index in [2.05, 4.69) is 5.32 Å². The minimum Gasteiger partial charge on any atom is -0.495 e. The summed E-state index contributed by atoms with van der Waals surface area (Å²) in [5.41, 5.74) is 2.11. The molecule has 0 bridgehead atoms. The van der Waals surface area contributed by atoms with E-state index in [1.54, 1.807) is 18.2 Å². The van der Waals surface area contributed by atoms with Gasteiger partial charge in [0.15, 0.2) is 0 Å². The van der Waals surface area contributed by atoms with E-state index in [4.69, 9.17) is 27.9 Å². The lowest BCUT2D eigenvalue weighted by atomic mass is 10.0. The smallest absolute Gasteiger partial charge is 0.264 e. The topological polar surface area (TPSA) is 75.7 Å². The number of hydrogen-bond donors (Lipinski definition) is 1. The number of ether oxygens (including phenoxy) is 1. The fourth-order valence-electron chi connectivity index (χ4n) is 3.66. The van der Waals surface area contributed by atoms with E-state index in [9.17, 15) is 13.2 Å². The number of nitrogens with one attached hydrogen (secondary N) is 1. The zero-order valence-electron chi connectivity index (χ0n) is 17.1. The summed E-state index contributed by atoms with van der Waals surface area (Å²) in [6, 6.07) is 16.3. The van der Waals surface area contributed by atoms with Gasteiger partial charge in [-0.3, -0.25) is 9.10 Å². The van der Waals surface area contributed by atoms with Crippen molar-refractivity contribution in [3.05, 3.63) is 81.8 Å². The van der Waals surface area contributed by atoms with Gasteiger partial charge >= 0.3 is 0 Å². The third kappa shape index (κ3) is 4.28. The molecular formula is C23H20Cl2N2O4S. The Morgan fingerprint density at radius 1 is 1.03 bits per heavy atom. The van der Waals surface area contributed by atoms with Crippen molar-refractivity contribution in [2.24, 2.45) is 0 Å². The van der Waals surface area contributed by atoms with Gasteiger partial charge in [0.25, 0.3) is 15.9 Å². The van der Waals surface area contributed by atoms with E-state index in [1.807, 2.05) is 18.2 Å². The molecule has 0 fully saturated rings. The van der Waals surface area contributed by atoms with Crippen molar-refractivity contribution in [2.45, 2.75) is 17.7 Å². The number of anilines is 2. The molecule has 0 saturated heterocycles. The van der Waals surface area contributed by atoms with Crippen LogP contribution >= 0.6 is 23.2 Å². The quantitative estimate of drug-likeness (QED) is 0.519. The highest BCUT2D eigenvalue weighted by molar-refractivity contribution is 7.92. The number of benzene rings is 3. The third-order valence-corrected chi connectivity index (χ3v) is 7.68. The third-order valence-electron chi connectivity index (χ3n) is 5.25. The van der Waals surface area contributed by atoms with Crippen LogP contribution in [0.5, 0.6) is 5.75 Å². The van der Waals surface area contributed by atoms with Crippen molar-refractivity contribution in [2.75, 3.05) is 23.3 Å². The summed E-state index contributed by atoms with van der Waals surface area (Å²) in [5.74, 6) is -0.0788. The second-order valence-corrected chi connectivity index (χ2v) is 9.93. The fourth-order valence-corrected chi connectivity index (χ4v) is 5.69. The Kier molecular flexibility index (Phi) is 6.33. The maximum atomic E-state index is 13.4. The van der Waals surface area contributed by atoms with Crippen LogP contribution in [-0.2, 0) is 16.4 Å². The van der Waals surface area contributed by atoms with E-state index in [0.717, 1.165) is 18.4 Å². The average molecular weight is 491 g/mol. The first-order valence-corrected chi connectivity index (χ1v) is 12.1. The van der Waals surface area contributed by atoms with E-state index < -0.39 is 15.9 Å². The second-order valence-electron chi connectivity index (χ2n) is 7.25. The van der Waals surface area contributed by atoms with E-state index in [0.29, 0.717) is 28.7 Å². The number of halogens is 2. The van der Waals surface area contributed by atoms with Crippen molar-refractivity contribution < 1.29 is 17.9 Å². The molecule has 0 spiro atoms. The molecule has 1 aliphatic rings. The lowest BCUT2D eigenvalue weighted by Gasteiger charge is -2.30. The van der Waals surface area contributed by atoms with E-state index in [-0.39, 0.29) is 15.5 Å². The monoisotopic (exact) mass is 490 g/mol. The van der Waals surface area contributed by atoms with Crippen LogP contribution in [0, 0.1) is 0 Å². The number of fused-ring (bicyclic) bond motifs is 1. The van der Waals surface area contributed by atoms with Crippen LogP contribution in [0.25, 0.3) is 0 Å². The Labute approximate surface area is 196 Å². The van der Waals surface area contributed by atoms with Gasteiger partial charge in [-0.15, -0.1) is 0 Å².